The lowest BCUT2D eigenvalue weighted by molar-refractivity contribution is -0.124. The maximum absolute atomic E-state index is 11.9. The number of fused-ring (bicyclic) bond motifs is 4. The first-order chi connectivity index (χ1) is 9.99. The minimum atomic E-state index is -0.179. The van der Waals surface area contributed by atoms with Gasteiger partial charge < -0.3 is 14.6 Å². The molecule has 3 fully saturated rings. The number of hydrogen-bond acceptors (Lipinski definition) is 3. The van der Waals surface area contributed by atoms with Crippen LogP contribution in [0.1, 0.15) is 46.0 Å². The van der Waals surface area contributed by atoms with Crippen LogP contribution in [0.15, 0.2) is 18.7 Å². The Morgan fingerprint density at radius 2 is 2.38 bits per heavy atom. The number of aryl methyl sites for hydroxylation is 1. The Hall–Kier alpha value is -1.36. The molecule has 2 saturated heterocycles. The number of ether oxygens (including phenoxy) is 1. The molecule has 0 radical (unpaired) electrons. The van der Waals surface area contributed by atoms with Gasteiger partial charge in [-0.05, 0) is 45.4 Å². The number of nitrogens with zero attached hydrogens (tertiary/aromatic N) is 2. The lowest BCUT2D eigenvalue weighted by Gasteiger charge is -2.46. The third kappa shape index (κ3) is 3.12. The molecular formula is C16H25N3O2. The van der Waals surface area contributed by atoms with Gasteiger partial charge in [0.25, 0.3) is 0 Å². The van der Waals surface area contributed by atoms with Gasteiger partial charge in [-0.2, -0.15) is 0 Å². The number of imidazole rings is 1. The number of carbonyl (C=O) groups excluding carboxylic acids is 1. The van der Waals surface area contributed by atoms with Crippen LogP contribution in [-0.4, -0.2) is 33.2 Å². The number of nitrogens with one attached hydrogen (secondary N) is 1. The summed E-state index contributed by atoms with van der Waals surface area (Å²) in [6, 6.07) is 0. The van der Waals surface area contributed by atoms with Crippen LogP contribution < -0.4 is 5.32 Å². The zero-order valence-corrected chi connectivity index (χ0v) is 13.0. The number of carbonyl (C=O) groups is 1. The van der Waals surface area contributed by atoms with Crippen LogP contribution in [0.3, 0.4) is 0 Å². The summed E-state index contributed by atoms with van der Waals surface area (Å²) in [5.74, 6) is 0.534. The fraction of sp³-hybridized carbons (Fsp3) is 0.750. The second-order valence-corrected chi connectivity index (χ2v) is 7.04. The van der Waals surface area contributed by atoms with Gasteiger partial charge in [-0.25, -0.2) is 4.98 Å². The van der Waals surface area contributed by atoms with Gasteiger partial charge in [-0.1, -0.05) is 0 Å². The highest BCUT2D eigenvalue weighted by atomic mass is 16.5. The Morgan fingerprint density at radius 1 is 1.52 bits per heavy atom. The van der Waals surface area contributed by atoms with Gasteiger partial charge in [-0.3, -0.25) is 4.79 Å². The first kappa shape index (κ1) is 14.6. The van der Waals surface area contributed by atoms with Crippen LogP contribution in [0.4, 0.5) is 0 Å². The fourth-order valence-corrected chi connectivity index (χ4v) is 3.98. The first-order valence-corrected chi connectivity index (χ1v) is 7.90. The van der Waals surface area contributed by atoms with Crippen LogP contribution in [0.5, 0.6) is 0 Å². The average molecular weight is 291 g/mol. The van der Waals surface area contributed by atoms with Crippen molar-refractivity contribution < 1.29 is 9.53 Å². The van der Waals surface area contributed by atoms with E-state index in [-0.39, 0.29) is 17.0 Å². The summed E-state index contributed by atoms with van der Waals surface area (Å²) in [6.45, 7) is 6.00. The molecule has 1 aromatic heterocycles. The summed E-state index contributed by atoms with van der Waals surface area (Å²) in [5, 5.41) is 3.18. The zero-order valence-electron chi connectivity index (χ0n) is 13.0. The number of amides is 1. The predicted octanol–water partition coefficient (Wildman–Crippen LogP) is 2.13. The first-order valence-electron chi connectivity index (χ1n) is 7.90. The molecule has 116 valence electrons. The van der Waals surface area contributed by atoms with Gasteiger partial charge in [0.05, 0.1) is 11.9 Å². The topological polar surface area (TPSA) is 56.2 Å². The largest absolute Gasteiger partial charge is 0.375 e. The van der Waals surface area contributed by atoms with Crippen molar-refractivity contribution in [3.63, 3.8) is 0 Å². The minimum absolute atomic E-state index is 0.0941. The van der Waals surface area contributed by atoms with Crippen LogP contribution >= 0.6 is 0 Å². The molecule has 2 aliphatic heterocycles. The molecule has 3 atom stereocenters. The summed E-state index contributed by atoms with van der Waals surface area (Å²) in [4.78, 5) is 16.0. The molecule has 3 aliphatic rings. The Morgan fingerprint density at radius 3 is 3.14 bits per heavy atom. The van der Waals surface area contributed by atoms with E-state index in [1.807, 2.05) is 12.5 Å². The molecule has 1 N–H and O–H groups in total. The highest BCUT2D eigenvalue weighted by Crippen LogP contribution is 2.45. The Labute approximate surface area is 126 Å². The van der Waals surface area contributed by atoms with E-state index in [1.54, 1.807) is 6.20 Å². The van der Waals surface area contributed by atoms with Crippen molar-refractivity contribution in [2.45, 2.75) is 63.6 Å². The van der Waals surface area contributed by atoms with Gasteiger partial charge in [0, 0.05) is 37.5 Å². The molecule has 0 spiro atoms. The second kappa shape index (κ2) is 5.44. The van der Waals surface area contributed by atoms with Crippen LogP contribution in [0.25, 0.3) is 0 Å². The number of hydrogen-bond donors (Lipinski definition) is 1. The van der Waals surface area contributed by atoms with E-state index >= 15 is 0 Å². The molecule has 3 heterocycles. The lowest BCUT2D eigenvalue weighted by atomic mass is 9.69. The van der Waals surface area contributed by atoms with Crippen molar-refractivity contribution in [2.24, 2.45) is 5.92 Å². The highest BCUT2D eigenvalue weighted by Gasteiger charge is 2.50. The molecule has 1 aliphatic carbocycles. The summed E-state index contributed by atoms with van der Waals surface area (Å²) in [7, 11) is 0. The van der Waals surface area contributed by atoms with Crippen molar-refractivity contribution in [3.8, 4) is 0 Å². The van der Waals surface area contributed by atoms with Crippen molar-refractivity contribution in [1.29, 1.82) is 0 Å². The van der Waals surface area contributed by atoms with E-state index in [0.29, 0.717) is 12.3 Å². The summed E-state index contributed by atoms with van der Waals surface area (Å²) < 4.78 is 8.34. The molecule has 2 bridgehead atoms. The molecule has 1 unspecified atom stereocenters. The van der Waals surface area contributed by atoms with Crippen molar-refractivity contribution >= 4 is 5.91 Å². The standard InChI is InChI=1S/C16H25N3O2/c1-15-5-4-13(10-14(20)18-15)16(2,11-15)21-9-3-7-19-8-6-17-12-19/h6,8,12-13H,3-5,7,9-11H2,1-2H3,(H,18,20)/t13-,15+,16?/m1/s1. The minimum Gasteiger partial charge on any atom is -0.375 e. The Bertz CT molecular complexity index is 502. The SMILES string of the molecule is CC1(OCCCn2ccnc2)C[C@]2(C)CC[C@@H]1CC(=O)N2. The van der Waals surface area contributed by atoms with Crippen LogP contribution in [0, 0.1) is 5.92 Å². The molecular weight excluding hydrogens is 266 g/mol. The summed E-state index contributed by atoms with van der Waals surface area (Å²) >= 11 is 0. The van der Waals surface area contributed by atoms with E-state index in [1.165, 1.54) is 0 Å². The highest BCUT2D eigenvalue weighted by molar-refractivity contribution is 5.78. The van der Waals surface area contributed by atoms with Gasteiger partial charge in [0.1, 0.15) is 0 Å². The molecule has 5 nitrogen and oxygen atoms in total. The third-order valence-corrected chi connectivity index (χ3v) is 5.07. The predicted molar refractivity (Wildman–Crippen MR) is 79.7 cm³/mol. The number of aromatic nitrogens is 2. The molecule has 0 aromatic carbocycles. The van der Waals surface area contributed by atoms with Crippen molar-refractivity contribution in [1.82, 2.24) is 14.9 Å². The van der Waals surface area contributed by atoms with Gasteiger partial charge in [0.15, 0.2) is 0 Å². The molecule has 5 heteroatoms. The zero-order chi connectivity index (χ0) is 14.9. The Balaban J connectivity index is 1.57. The molecule has 4 rings (SSSR count). The van der Waals surface area contributed by atoms with Gasteiger partial charge >= 0.3 is 0 Å². The summed E-state index contributed by atoms with van der Waals surface area (Å²) in [6.07, 6.45) is 10.2. The molecule has 1 amide bonds. The Kier molecular flexibility index (Phi) is 3.78. The van der Waals surface area contributed by atoms with E-state index in [0.717, 1.165) is 38.8 Å². The molecule has 21 heavy (non-hydrogen) atoms. The van der Waals surface area contributed by atoms with Crippen LogP contribution in [-0.2, 0) is 16.1 Å². The monoisotopic (exact) mass is 291 g/mol. The summed E-state index contributed by atoms with van der Waals surface area (Å²) in [5.41, 5.74) is -0.274. The normalized spacial score (nSPS) is 35.5. The van der Waals surface area contributed by atoms with Crippen molar-refractivity contribution in [3.05, 3.63) is 18.7 Å². The van der Waals surface area contributed by atoms with Crippen LogP contribution in [0.2, 0.25) is 0 Å². The maximum Gasteiger partial charge on any atom is 0.220 e. The average Bonchev–Trinajstić information content (AvgIpc) is 2.83. The van der Waals surface area contributed by atoms with E-state index in [4.69, 9.17) is 4.74 Å². The molecule has 1 aromatic rings. The fourth-order valence-electron chi connectivity index (χ4n) is 3.98. The third-order valence-electron chi connectivity index (χ3n) is 5.07. The van der Waals surface area contributed by atoms with E-state index < -0.39 is 0 Å². The van der Waals surface area contributed by atoms with E-state index in [2.05, 4.69) is 28.7 Å². The van der Waals surface area contributed by atoms with Crippen molar-refractivity contribution in [2.75, 3.05) is 6.61 Å². The lowest BCUT2D eigenvalue weighted by Crippen LogP contribution is -2.52. The number of rotatable bonds is 5. The smallest absolute Gasteiger partial charge is 0.220 e. The van der Waals surface area contributed by atoms with E-state index in [9.17, 15) is 4.79 Å². The van der Waals surface area contributed by atoms with Gasteiger partial charge in [0.2, 0.25) is 5.91 Å². The quantitative estimate of drug-likeness (QED) is 0.846. The second-order valence-electron chi connectivity index (χ2n) is 7.04. The van der Waals surface area contributed by atoms with Gasteiger partial charge in [-0.15, -0.1) is 0 Å². The molecule has 1 saturated carbocycles. The maximum atomic E-state index is 11.9.